The molecule has 20 heavy (non-hydrogen) atoms. The quantitative estimate of drug-likeness (QED) is 0.668. The lowest BCUT2D eigenvalue weighted by Gasteiger charge is -2.41. The van der Waals surface area contributed by atoms with Crippen molar-refractivity contribution >= 4 is 11.4 Å². The van der Waals surface area contributed by atoms with Gasteiger partial charge < -0.3 is 10.0 Å². The fourth-order valence-corrected chi connectivity index (χ4v) is 2.63. The Hall–Kier alpha value is -1.66. The number of hydrogen-bond donors (Lipinski definition) is 1. The Kier molecular flexibility index (Phi) is 4.57. The lowest BCUT2D eigenvalue weighted by molar-refractivity contribution is -0.384. The minimum absolute atomic E-state index is 0.120. The van der Waals surface area contributed by atoms with Crippen molar-refractivity contribution in [3.05, 3.63) is 34.4 Å². The molecule has 0 bridgehead atoms. The normalized spacial score (nSPS) is 21.8. The molecule has 0 radical (unpaired) electrons. The first kappa shape index (κ1) is 14.7. The van der Waals surface area contributed by atoms with Crippen LogP contribution in [0.4, 0.5) is 11.4 Å². The molecule has 1 aliphatic rings. The Bertz CT molecular complexity index is 461. The van der Waals surface area contributed by atoms with Crippen LogP contribution in [0.5, 0.6) is 0 Å². The maximum absolute atomic E-state index is 10.6. The number of rotatable bonds is 4. The molecule has 1 fully saturated rings. The first-order valence-corrected chi connectivity index (χ1v) is 6.89. The third kappa shape index (κ3) is 3.46. The average molecular weight is 279 g/mol. The molecule has 0 saturated carbocycles. The second kappa shape index (κ2) is 6.19. The van der Waals surface area contributed by atoms with Gasteiger partial charge in [0, 0.05) is 50.0 Å². The number of hydrogen-bond acceptors (Lipinski definition) is 5. The van der Waals surface area contributed by atoms with Gasteiger partial charge in [0.2, 0.25) is 0 Å². The van der Waals surface area contributed by atoms with Crippen LogP contribution in [0, 0.1) is 10.1 Å². The molecule has 2 atom stereocenters. The van der Waals surface area contributed by atoms with Crippen LogP contribution in [0.3, 0.4) is 0 Å². The molecule has 1 N–H and O–H groups in total. The van der Waals surface area contributed by atoms with Crippen LogP contribution < -0.4 is 4.90 Å². The molecule has 110 valence electrons. The molecule has 6 nitrogen and oxygen atoms in total. The fraction of sp³-hybridized carbons (Fsp3) is 0.571. The smallest absolute Gasteiger partial charge is 0.269 e. The van der Waals surface area contributed by atoms with E-state index in [0.29, 0.717) is 12.6 Å². The van der Waals surface area contributed by atoms with E-state index in [-0.39, 0.29) is 16.7 Å². The van der Waals surface area contributed by atoms with Crippen molar-refractivity contribution in [1.29, 1.82) is 0 Å². The largest absolute Gasteiger partial charge is 0.392 e. The Morgan fingerprint density at radius 3 is 2.55 bits per heavy atom. The topological polar surface area (TPSA) is 69.8 Å². The van der Waals surface area contributed by atoms with Crippen molar-refractivity contribution in [2.45, 2.75) is 26.0 Å². The van der Waals surface area contributed by atoms with Gasteiger partial charge in [-0.2, -0.15) is 0 Å². The van der Waals surface area contributed by atoms with Gasteiger partial charge in [-0.1, -0.05) is 0 Å². The molecule has 6 heteroatoms. The minimum Gasteiger partial charge on any atom is -0.392 e. The van der Waals surface area contributed by atoms with Gasteiger partial charge in [0.05, 0.1) is 11.0 Å². The Morgan fingerprint density at radius 1 is 1.40 bits per heavy atom. The van der Waals surface area contributed by atoms with Crippen LogP contribution in [0.2, 0.25) is 0 Å². The van der Waals surface area contributed by atoms with Gasteiger partial charge in [-0.05, 0) is 26.0 Å². The van der Waals surface area contributed by atoms with Crippen molar-refractivity contribution in [1.82, 2.24) is 4.90 Å². The van der Waals surface area contributed by atoms with Crippen molar-refractivity contribution < 1.29 is 10.0 Å². The van der Waals surface area contributed by atoms with Crippen LogP contribution >= 0.6 is 0 Å². The second-order valence-corrected chi connectivity index (χ2v) is 5.41. The first-order valence-electron chi connectivity index (χ1n) is 6.89. The van der Waals surface area contributed by atoms with E-state index < -0.39 is 0 Å². The minimum atomic E-state index is -0.382. The highest BCUT2D eigenvalue weighted by Gasteiger charge is 2.24. The van der Waals surface area contributed by atoms with E-state index >= 15 is 0 Å². The first-order chi connectivity index (χ1) is 9.47. The summed E-state index contributed by atoms with van der Waals surface area (Å²) in [6.07, 6.45) is -0.316. The summed E-state index contributed by atoms with van der Waals surface area (Å²) in [6.45, 7) is 7.26. The van der Waals surface area contributed by atoms with Crippen molar-refractivity contribution in [2.75, 3.05) is 31.1 Å². The maximum atomic E-state index is 10.6. The lowest BCUT2D eigenvalue weighted by Crippen LogP contribution is -2.53. The van der Waals surface area contributed by atoms with Gasteiger partial charge >= 0.3 is 0 Å². The number of non-ortho nitro benzene ring substituents is 1. The number of benzene rings is 1. The summed E-state index contributed by atoms with van der Waals surface area (Å²) in [7, 11) is 0. The molecule has 1 saturated heterocycles. The van der Waals surface area contributed by atoms with Gasteiger partial charge in [0.15, 0.2) is 0 Å². The Balaban J connectivity index is 2.00. The SMILES string of the molecule is CC(O)CN1CCN(c2ccc([N+](=O)[O-])cc2)CC1C. The Labute approximate surface area is 118 Å². The van der Waals surface area contributed by atoms with E-state index in [4.69, 9.17) is 0 Å². The third-order valence-electron chi connectivity index (χ3n) is 3.69. The van der Waals surface area contributed by atoms with E-state index in [1.807, 2.05) is 0 Å². The summed E-state index contributed by atoms with van der Waals surface area (Å²) in [5, 5.41) is 20.1. The highest BCUT2D eigenvalue weighted by molar-refractivity contribution is 5.51. The van der Waals surface area contributed by atoms with Gasteiger partial charge in [0.1, 0.15) is 0 Å². The fourth-order valence-electron chi connectivity index (χ4n) is 2.63. The summed E-state index contributed by atoms with van der Waals surface area (Å²) in [5.74, 6) is 0. The summed E-state index contributed by atoms with van der Waals surface area (Å²) in [6, 6.07) is 7.04. The van der Waals surface area contributed by atoms with Crippen molar-refractivity contribution in [3.8, 4) is 0 Å². The van der Waals surface area contributed by atoms with E-state index in [1.165, 1.54) is 0 Å². The molecule has 1 aromatic carbocycles. The zero-order valence-corrected chi connectivity index (χ0v) is 11.9. The van der Waals surface area contributed by atoms with E-state index in [2.05, 4.69) is 16.7 Å². The highest BCUT2D eigenvalue weighted by Crippen LogP contribution is 2.22. The van der Waals surface area contributed by atoms with Crippen LogP contribution in [0.15, 0.2) is 24.3 Å². The predicted octanol–water partition coefficient (Wildman–Crippen LogP) is 1.49. The molecule has 2 rings (SSSR count). The third-order valence-corrected chi connectivity index (χ3v) is 3.69. The summed E-state index contributed by atoms with van der Waals surface area (Å²) >= 11 is 0. The molecular formula is C14H21N3O3. The molecule has 0 aromatic heterocycles. The van der Waals surface area contributed by atoms with E-state index in [9.17, 15) is 15.2 Å². The molecule has 1 aromatic rings. The molecule has 0 spiro atoms. The predicted molar refractivity (Wildman–Crippen MR) is 78.0 cm³/mol. The van der Waals surface area contributed by atoms with Crippen LogP contribution in [-0.2, 0) is 0 Å². The number of piperazine rings is 1. The van der Waals surface area contributed by atoms with Gasteiger partial charge in [-0.3, -0.25) is 15.0 Å². The number of anilines is 1. The number of nitrogens with zero attached hydrogens (tertiary/aromatic N) is 3. The number of β-amino-alcohol motifs (C(OH)–C–C–N with tert-alkyl or cyclic N) is 1. The monoisotopic (exact) mass is 279 g/mol. The number of nitro benzene ring substituents is 1. The van der Waals surface area contributed by atoms with Crippen molar-refractivity contribution in [2.24, 2.45) is 0 Å². The number of aliphatic hydroxyl groups excluding tert-OH is 1. The molecule has 0 amide bonds. The summed E-state index contributed by atoms with van der Waals surface area (Å²) in [5.41, 5.74) is 1.13. The molecule has 1 aliphatic heterocycles. The highest BCUT2D eigenvalue weighted by atomic mass is 16.6. The molecule has 1 heterocycles. The maximum Gasteiger partial charge on any atom is 0.269 e. The van der Waals surface area contributed by atoms with Gasteiger partial charge in [-0.15, -0.1) is 0 Å². The molecule has 0 aliphatic carbocycles. The van der Waals surface area contributed by atoms with E-state index in [0.717, 1.165) is 25.3 Å². The zero-order chi connectivity index (χ0) is 14.7. The van der Waals surface area contributed by atoms with Crippen LogP contribution in [-0.4, -0.2) is 53.3 Å². The van der Waals surface area contributed by atoms with E-state index in [1.54, 1.807) is 31.2 Å². The number of nitro groups is 1. The standard InChI is InChI=1S/C14H21N3O3/c1-11-9-16(8-7-15(11)10-12(2)18)13-3-5-14(6-4-13)17(19)20/h3-6,11-12,18H,7-10H2,1-2H3. The summed E-state index contributed by atoms with van der Waals surface area (Å²) in [4.78, 5) is 14.8. The van der Waals surface area contributed by atoms with Crippen LogP contribution in [0.1, 0.15) is 13.8 Å². The summed E-state index contributed by atoms with van der Waals surface area (Å²) < 4.78 is 0. The Morgan fingerprint density at radius 2 is 2.05 bits per heavy atom. The molecular weight excluding hydrogens is 258 g/mol. The zero-order valence-electron chi connectivity index (χ0n) is 11.9. The lowest BCUT2D eigenvalue weighted by atomic mass is 10.1. The van der Waals surface area contributed by atoms with Crippen molar-refractivity contribution in [3.63, 3.8) is 0 Å². The number of aliphatic hydroxyl groups is 1. The van der Waals surface area contributed by atoms with Gasteiger partial charge in [-0.25, -0.2) is 0 Å². The second-order valence-electron chi connectivity index (χ2n) is 5.41. The average Bonchev–Trinajstić information content (AvgIpc) is 2.41. The van der Waals surface area contributed by atoms with Crippen LogP contribution in [0.25, 0.3) is 0 Å². The molecule has 2 unspecified atom stereocenters. The van der Waals surface area contributed by atoms with Gasteiger partial charge in [0.25, 0.3) is 5.69 Å².